The van der Waals surface area contributed by atoms with Gasteiger partial charge in [0.1, 0.15) is 21.2 Å². The number of rotatable bonds is 8. The fourth-order valence-corrected chi connectivity index (χ4v) is 6.20. The predicted octanol–water partition coefficient (Wildman–Crippen LogP) is 1.34. The Hall–Kier alpha value is -4.78. The van der Waals surface area contributed by atoms with Crippen LogP contribution in [0.3, 0.4) is 0 Å². The van der Waals surface area contributed by atoms with Crippen LogP contribution in [0.4, 0.5) is 34.6 Å². The first-order valence-corrected chi connectivity index (χ1v) is 16.9. The van der Waals surface area contributed by atoms with Crippen LogP contribution in [-0.4, -0.2) is 85.3 Å². The topological polar surface area (TPSA) is 317 Å². The highest BCUT2D eigenvalue weighted by molar-refractivity contribution is 7.86. The van der Waals surface area contributed by atoms with Crippen LogP contribution in [0.1, 0.15) is 0 Å². The number of fused-ring (bicyclic) bond motifs is 1. The molecule has 2 heterocycles. The van der Waals surface area contributed by atoms with Crippen LogP contribution in [-0.2, 0) is 35.1 Å². The highest BCUT2D eigenvalue weighted by atomic mass is 32.2. The molecule has 1 aromatic heterocycles. The number of azo groups is 1. The Morgan fingerprint density at radius 3 is 2.20 bits per heavy atom. The predicted molar refractivity (Wildman–Crippen MR) is 159 cm³/mol. The van der Waals surface area contributed by atoms with Crippen LogP contribution in [0, 0.1) is 0 Å². The molecule has 0 saturated carbocycles. The lowest BCUT2D eigenvalue weighted by molar-refractivity contribution is 0.122. The Balaban J connectivity index is 1.76. The number of aromatic nitrogens is 3. The van der Waals surface area contributed by atoms with Gasteiger partial charge in [-0.25, -0.2) is 4.79 Å². The second-order valence-electron chi connectivity index (χ2n) is 9.52. The maximum atomic E-state index is 12.4. The van der Waals surface area contributed by atoms with Crippen molar-refractivity contribution in [2.75, 3.05) is 42.3 Å². The molecule has 0 bridgehead atoms. The number of aromatic amines is 1. The van der Waals surface area contributed by atoms with Crippen molar-refractivity contribution in [3.8, 4) is 5.75 Å². The number of nitrogens with two attached hydrogens (primary N) is 1. The van der Waals surface area contributed by atoms with Gasteiger partial charge in [-0.05, 0) is 41.8 Å². The number of hydrogen-bond acceptors (Lipinski definition) is 16. The van der Waals surface area contributed by atoms with Crippen LogP contribution in [0.2, 0.25) is 0 Å². The summed E-state index contributed by atoms with van der Waals surface area (Å²) in [6.07, 6.45) is 0. The largest absolute Gasteiger partial charge is 0.505 e. The maximum absolute atomic E-state index is 12.4. The maximum Gasteiger partial charge on any atom is 0.351 e. The fraction of sp³-hybridized carbons (Fsp3) is 0.174. The number of nitrogen functional groups attached to an aromatic ring is 1. The molecule has 244 valence electrons. The molecule has 23 heteroatoms. The van der Waals surface area contributed by atoms with Gasteiger partial charge in [-0.1, -0.05) is 0 Å². The molecule has 8 N–H and O–H groups in total. The molecule has 1 aliphatic rings. The van der Waals surface area contributed by atoms with Gasteiger partial charge in [0, 0.05) is 24.2 Å². The van der Waals surface area contributed by atoms with E-state index in [4.69, 9.17) is 10.5 Å². The monoisotopic (exact) mass is 698 g/mol. The molecule has 20 nitrogen and oxygen atoms in total. The molecule has 5 rings (SSSR count). The van der Waals surface area contributed by atoms with E-state index in [-0.39, 0.29) is 28.7 Å². The highest BCUT2D eigenvalue weighted by Crippen LogP contribution is 2.46. The van der Waals surface area contributed by atoms with Crippen molar-refractivity contribution >= 4 is 75.8 Å². The quantitative estimate of drug-likeness (QED) is 0.0775. The summed E-state index contributed by atoms with van der Waals surface area (Å²) in [6, 6.07) is 5.22. The molecular weight excluding hydrogens is 676 g/mol. The number of anilines is 4. The summed E-state index contributed by atoms with van der Waals surface area (Å²) >= 11 is 0. The normalized spacial score (nSPS) is 14.6. The second-order valence-corrected chi connectivity index (χ2v) is 13.7. The molecule has 0 amide bonds. The Labute approximate surface area is 258 Å². The first-order chi connectivity index (χ1) is 21.4. The molecule has 1 saturated heterocycles. The van der Waals surface area contributed by atoms with Gasteiger partial charge in [-0.15, -0.1) is 10.2 Å². The van der Waals surface area contributed by atoms with E-state index >= 15 is 0 Å². The van der Waals surface area contributed by atoms with Crippen LogP contribution in [0.15, 0.2) is 66.1 Å². The van der Waals surface area contributed by atoms with Gasteiger partial charge in [0.25, 0.3) is 30.4 Å². The van der Waals surface area contributed by atoms with Crippen molar-refractivity contribution in [1.29, 1.82) is 0 Å². The Morgan fingerprint density at radius 1 is 0.891 bits per heavy atom. The van der Waals surface area contributed by atoms with Gasteiger partial charge in [-0.2, -0.15) is 35.2 Å². The lowest BCUT2D eigenvalue weighted by Crippen LogP contribution is -2.38. The third-order valence-electron chi connectivity index (χ3n) is 6.40. The molecule has 0 aliphatic carbocycles. The SMILES string of the molecule is Nc1ccc(S(=O)(=O)O)c(N=Nc2c(S(=O)(=O)O)cc3cc(S(=O)(=O)O)cc(Nc4nc(N5CCOCC5)nc(=O)[nH]4)c3c2O)c1. The average molecular weight is 699 g/mol. The van der Waals surface area contributed by atoms with Crippen molar-refractivity contribution in [2.24, 2.45) is 10.2 Å². The molecule has 3 aromatic carbocycles. The summed E-state index contributed by atoms with van der Waals surface area (Å²) in [4.78, 5) is 21.6. The summed E-state index contributed by atoms with van der Waals surface area (Å²) < 4.78 is 107. The Bertz CT molecular complexity index is 2300. The minimum atomic E-state index is -5.26. The third-order valence-corrected chi connectivity index (χ3v) is 9.00. The summed E-state index contributed by atoms with van der Waals surface area (Å²) in [5.41, 5.74) is 2.81. The molecule has 0 atom stereocenters. The number of hydrogen-bond donors (Lipinski definition) is 7. The second kappa shape index (κ2) is 11.9. The highest BCUT2D eigenvalue weighted by Gasteiger charge is 2.26. The standard InChI is InChI=1S/C23H22N8O12S3/c24-12-1-2-16(45(37,38)39)14(9-12)29-30-19-17(46(40,41)42)8-11-7-13(44(34,35)36)10-15(18(11)20(19)32)25-21-26-22(28-23(33)27-21)31-3-5-43-6-4-31/h1-2,7-10,32H,3-6,24H2,(H,34,35,36)(H,37,38,39)(H,40,41,42)(H2,25,26,27,28,33). The van der Waals surface area contributed by atoms with Crippen molar-refractivity contribution in [3.63, 3.8) is 0 Å². The molecule has 0 spiro atoms. The van der Waals surface area contributed by atoms with E-state index in [9.17, 15) is 48.8 Å². The zero-order valence-electron chi connectivity index (χ0n) is 22.9. The number of nitrogens with zero attached hydrogens (tertiary/aromatic N) is 5. The van der Waals surface area contributed by atoms with Gasteiger partial charge in [0.2, 0.25) is 11.9 Å². The molecule has 46 heavy (non-hydrogen) atoms. The first-order valence-electron chi connectivity index (χ1n) is 12.6. The van der Waals surface area contributed by atoms with Gasteiger partial charge in [-0.3, -0.25) is 18.6 Å². The minimum Gasteiger partial charge on any atom is -0.505 e. The van der Waals surface area contributed by atoms with Crippen molar-refractivity contribution in [2.45, 2.75) is 14.7 Å². The Morgan fingerprint density at radius 2 is 1.57 bits per heavy atom. The zero-order chi connectivity index (χ0) is 33.6. The fourth-order valence-electron chi connectivity index (χ4n) is 4.40. The van der Waals surface area contributed by atoms with E-state index in [1.54, 1.807) is 4.90 Å². The molecule has 1 fully saturated rings. The molecule has 0 radical (unpaired) electrons. The number of phenolic OH excluding ortho intramolecular Hbond substituents is 1. The van der Waals surface area contributed by atoms with Crippen LogP contribution < -0.4 is 21.6 Å². The number of nitrogens with one attached hydrogen (secondary N) is 2. The van der Waals surface area contributed by atoms with E-state index in [0.717, 1.165) is 30.3 Å². The van der Waals surface area contributed by atoms with Crippen LogP contribution >= 0.6 is 0 Å². The van der Waals surface area contributed by atoms with Gasteiger partial charge < -0.3 is 25.8 Å². The van der Waals surface area contributed by atoms with Crippen molar-refractivity contribution in [1.82, 2.24) is 15.0 Å². The summed E-state index contributed by atoms with van der Waals surface area (Å²) in [7, 11) is -15.1. The van der Waals surface area contributed by atoms with E-state index in [1.807, 2.05) is 0 Å². The van der Waals surface area contributed by atoms with E-state index in [0.29, 0.717) is 32.4 Å². The molecule has 4 aromatic rings. The smallest absolute Gasteiger partial charge is 0.351 e. The lowest BCUT2D eigenvalue weighted by atomic mass is 10.1. The third kappa shape index (κ3) is 6.89. The number of phenols is 1. The Kier molecular flexibility index (Phi) is 8.41. The van der Waals surface area contributed by atoms with E-state index in [2.05, 4.69) is 30.5 Å². The number of morpholine rings is 1. The van der Waals surface area contributed by atoms with Crippen LogP contribution in [0.5, 0.6) is 5.75 Å². The molecular formula is C23H22N8O12S3. The van der Waals surface area contributed by atoms with E-state index < -0.39 is 73.2 Å². The average Bonchev–Trinajstić information content (AvgIpc) is 2.95. The van der Waals surface area contributed by atoms with E-state index in [1.165, 1.54) is 0 Å². The van der Waals surface area contributed by atoms with Gasteiger partial charge in [0.15, 0.2) is 5.75 Å². The molecule has 0 unspecified atom stereocenters. The minimum absolute atomic E-state index is 0.0334. The summed E-state index contributed by atoms with van der Waals surface area (Å²) in [5.74, 6) is -1.41. The summed E-state index contributed by atoms with van der Waals surface area (Å²) in [6.45, 7) is 1.32. The van der Waals surface area contributed by atoms with Crippen molar-refractivity contribution < 1.29 is 48.8 Å². The first kappa shape index (κ1) is 32.6. The number of aromatic hydroxyl groups is 1. The van der Waals surface area contributed by atoms with Gasteiger partial charge >= 0.3 is 5.69 Å². The van der Waals surface area contributed by atoms with Gasteiger partial charge in [0.05, 0.1) is 23.8 Å². The van der Waals surface area contributed by atoms with Crippen molar-refractivity contribution in [3.05, 3.63) is 46.9 Å². The lowest BCUT2D eigenvalue weighted by Gasteiger charge is -2.26. The number of ether oxygens (including phenoxy) is 1. The number of H-pyrrole nitrogens is 1. The number of benzene rings is 3. The summed E-state index contributed by atoms with van der Waals surface area (Å²) in [5, 5.41) is 20.4. The van der Waals surface area contributed by atoms with Crippen LogP contribution in [0.25, 0.3) is 10.8 Å². The zero-order valence-corrected chi connectivity index (χ0v) is 25.3. The molecule has 1 aliphatic heterocycles.